The Labute approximate surface area is 84.8 Å². The molecule has 76 valence electrons. The Balaban J connectivity index is 2.69. The fourth-order valence-corrected chi connectivity index (χ4v) is 1.17. The summed E-state index contributed by atoms with van der Waals surface area (Å²) in [5.41, 5.74) is 7.35. The van der Waals surface area contributed by atoms with Gasteiger partial charge in [-0.1, -0.05) is 32.0 Å². The number of benzene rings is 1. The molecule has 1 aromatic carbocycles. The fraction of sp³-hybridized carbons (Fsp3) is 0.364. The Morgan fingerprint density at radius 2 is 2.21 bits per heavy atom. The van der Waals surface area contributed by atoms with E-state index in [1.54, 1.807) is 0 Å². The molecular formula is C11H17N3. The molecule has 1 aromatic rings. The van der Waals surface area contributed by atoms with E-state index in [2.05, 4.69) is 19.2 Å². The second-order valence-corrected chi connectivity index (χ2v) is 3.65. The molecule has 4 N–H and O–H groups in total. The third-order valence-corrected chi connectivity index (χ3v) is 1.95. The van der Waals surface area contributed by atoms with Crippen LogP contribution in [0.5, 0.6) is 0 Å². The van der Waals surface area contributed by atoms with Crippen molar-refractivity contribution in [3.63, 3.8) is 0 Å². The van der Waals surface area contributed by atoms with Gasteiger partial charge in [0.2, 0.25) is 0 Å². The highest BCUT2D eigenvalue weighted by molar-refractivity contribution is 5.95. The molecule has 0 saturated heterocycles. The van der Waals surface area contributed by atoms with Crippen molar-refractivity contribution in [3.8, 4) is 0 Å². The van der Waals surface area contributed by atoms with Gasteiger partial charge in [0, 0.05) is 18.2 Å². The zero-order valence-corrected chi connectivity index (χ0v) is 8.67. The van der Waals surface area contributed by atoms with Crippen LogP contribution in [0.25, 0.3) is 0 Å². The maximum absolute atomic E-state index is 7.31. The minimum absolute atomic E-state index is 0.122. The SMILES string of the molecule is CC(C)NCc1cccc(C(=N)N)c1. The summed E-state index contributed by atoms with van der Waals surface area (Å²) in [6, 6.07) is 8.21. The Kier molecular flexibility index (Phi) is 3.65. The molecule has 3 nitrogen and oxygen atoms in total. The van der Waals surface area contributed by atoms with E-state index in [1.807, 2.05) is 24.3 Å². The summed E-state index contributed by atoms with van der Waals surface area (Å²) in [6.45, 7) is 5.03. The van der Waals surface area contributed by atoms with E-state index in [9.17, 15) is 0 Å². The number of hydrogen-bond acceptors (Lipinski definition) is 2. The molecule has 0 atom stereocenters. The van der Waals surface area contributed by atoms with Crippen molar-refractivity contribution in [1.29, 1.82) is 5.41 Å². The molecule has 0 aromatic heterocycles. The van der Waals surface area contributed by atoms with Crippen molar-refractivity contribution in [2.24, 2.45) is 5.73 Å². The molecular weight excluding hydrogens is 174 g/mol. The summed E-state index contributed by atoms with van der Waals surface area (Å²) in [4.78, 5) is 0. The molecule has 0 saturated carbocycles. The van der Waals surface area contributed by atoms with E-state index in [1.165, 1.54) is 0 Å². The third kappa shape index (κ3) is 3.18. The van der Waals surface area contributed by atoms with Gasteiger partial charge in [-0.2, -0.15) is 0 Å². The molecule has 3 heteroatoms. The Morgan fingerprint density at radius 1 is 1.50 bits per heavy atom. The van der Waals surface area contributed by atoms with Gasteiger partial charge in [-0.3, -0.25) is 5.41 Å². The predicted molar refractivity (Wildman–Crippen MR) is 59.4 cm³/mol. The predicted octanol–water partition coefficient (Wildman–Crippen LogP) is 1.47. The molecule has 0 radical (unpaired) electrons. The zero-order valence-electron chi connectivity index (χ0n) is 8.67. The number of nitrogens with two attached hydrogens (primary N) is 1. The lowest BCUT2D eigenvalue weighted by Gasteiger charge is -2.08. The monoisotopic (exact) mass is 191 g/mol. The second kappa shape index (κ2) is 4.77. The number of nitrogen functional groups attached to an aromatic ring is 1. The quantitative estimate of drug-likeness (QED) is 0.498. The zero-order chi connectivity index (χ0) is 10.6. The first-order valence-electron chi connectivity index (χ1n) is 4.76. The van der Waals surface area contributed by atoms with Gasteiger partial charge in [-0.05, 0) is 11.6 Å². The lowest BCUT2D eigenvalue weighted by atomic mass is 10.1. The van der Waals surface area contributed by atoms with Crippen LogP contribution in [0.2, 0.25) is 0 Å². The lowest BCUT2D eigenvalue weighted by molar-refractivity contribution is 0.589. The van der Waals surface area contributed by atoms with Gasteiger partial charge >= 0.3 is 0 Å². The number of nitrogens with one attached hydrogen (secondary N) is 2. The fourth-order valence-electron chi connectivity index (χ4n) is 1.17. The van der Waals surface area contributed by atoms with Gasteiger partial charge in [-0.25, -0.2) is 0 Å². The smallest absolute Gasteiger partial charge is 0.122 e. The Hall–Kier alpha value is -1.35. The third-order valence-electron chi connectivity index (χ3n) is 1.95. The molecule has 0 aliphatic heterocycles. The Bertz CT molecular complexity index is 318. The maximum Gasteiger partial charge on any atom is 0.122 e. The summed E-state index contributed by atoms with van der Waals surface area (Å²) < 4.78 is 0. The van der Waals surface area contributed by atoms with Crippen molar-refractivity contribution in [2.75, 3.05) is 0 Å². The average Bonchev–Trinajstić information content (AvgIpc) is 2.15. The van der Waals surface area contributed by atoms with E-state index in [0.29, 0.717) is 6.04 Å². The van der Waals surface area contributed by atoms with E-state index >= 15 is 0 Å². The van der Waals surface area contributed by atoms with Crippen LogP contribution in [0.4, 0.5) is 0 Å². The van der Waals surface area contributed by atoms with Crippen molar-refractivity contribution < 1.29 is 0 Å². The van der Waals surface area contributed by atoms with Crippen LogP contribution in [0.3, 0.4) is 0 Å². The minimum atomic E-state index is 0.122. The van der Waals surface area contributed by atoms with Crippen LogP contribution in [-0.4, -0.2) is 11.9 Å². The summed E-state index contributed by atoms with van der Waals surface area (Å²) in [6.07, 6.45) is 0. The van der Waals surface area contributed by atoms with Gasteiger partial charge in [0.05, 0.1) is 0 Å². The second-order valence-electron chi connectivity index (χ2n) is 3.65. The largest absolute Gasteiger partial charge is 0.384 e. The van der Waals surface area contributed by atoms with Crippen molar-refractivity contribution >= 4 is 5.84 Å². The standard InChI is InChI=1S/C11H17N3/c1-8(2)14-7-9-4-3-5-10(6-9)11(12)13/h3-6,8,14H,7H2,1-2H3,(H3,12,13). The van der Waals surface area contributed by atoms with E-state index in [4.69, 9.17) is 11.1 Å². The van der Waals surface area contributed by atoms with Crippen LogP contribution in [0.15, 0.2) is 24.3 Å². The summed E-state index contributed by atoms with van der Waals surface area (Å²) in [5, 5.41) is 10.6. The molecule has 0 unspecified atom stereocenters. The van der Waals surface area contributed by atoms with Crippen LogP contribution in [-0.2, 0) is 6.54 Å². The van der Waals surface area contributed by atoms with E-state index < -0.39 is 0 Å². The molecule has 14 heavy (non-hydrogen) atoms. The van der Waals surface area contributed by atoms with Crippen LogP contribution < -0.4 is 11.1 Å². The van der Waals surface area contributed by atoms with Crippen LogP contribution >= 0.6 is 0 Å². The van der Waals surface area contributed by atoms with Crippen molar-refractivity contribution in [3.05, 3.63) is 35.4 Å². The normalized spacial score (nSPS) is 10.5. The van der Waals surface area contributed by atoms with Gasteiger partial charge < -0.3 is 11.1 Å². The van der Waals surface area contributed by atoms with Crippen LogP contribution in [0.1, 0.15) is 25.0 Å². The maximum atomic E-state index is 7.31. The van der Waals surface area contributed by atoms with Crippen molar-refractivity contribution in [2.45, 2.75) is 26.4 Å². The first kappa shape index (κ1) is 10.7. The topological polar surface area (TPSA) is 61.9 Å². The van der Waals surface area contributed by atoms with Gasteiger partial charge in [0.1, 0.15) is 5.84 Å². The summed E-state index contributed by atoms with van der Waals surface area (Å²) in [7, 11) is 0. The summed E-state index contributed by atoms with van der Waals surface area (Å²) in [5.74, 6) is 0.122. The number of hydrogen-bond donors (Lipinski definition) is 3. The molecule has 0 bridgehead atoms. The highest BCUT2D eigenvalue weighted by Crippen LogP contribution is 2.04. The molecule has 0 spiro atoms. The minimum Gasteiger partial charge on any atom is -0.384 e. The van der Waals surface area contributed by atoms with Gasteiger partial charge in [0.25, 0.3) is 0 Å². The lowest BCUT2D eigenvalue weighted by Crippen LogP contribution is -2.22. The van der Waals surface area contributed by atoms with Crippen molar-refractivity contribution in [1.82, 2.24) is 5.32 Å². The van der Waals surface area contributed by atoms with Crippen LogP contribution in [0, 0.1) is 5.41 Å². The molecule has 0 aliphatic rings. The molecule has 0 amide bonds. The van der Waals surface area contributed by atoms with E-state index in [0.717, 1.165) is 17.7 Å². The van der Waals surface area contributed by atoms with Gasteiger partial charge in [0.15, 0.2) is 0 Å². The molecule has 0 heterocycles. The first-order valence-corrected chi connectivity index (χ1v) is 4.76. The highest BCUT2D eigenvalue weighted by Gasteiger charge is 1.99. The number of amidine groups is 1. The summed E-state index contributed by atoms with van der Waals surface area (Å²) >= 11 is 0. The average molecular weight is 191 g/mol. The molecule has 1 rings (SSSR count). The molecule has 0 aliphatic carbocycles. The Morgan fingerprint density at radius 3 is 2.79 bits per heavy atom. The highest BCUT2D eigenvalue weighted by atomic mass is 14.9. The molecule has 0 fully saturated rings. The van der Waals surface area contributed by atoms with Gasteiger partial charge in [-0.15, -0.1) is 0 Å². The van der Waals surface area contributed by atoms with E-state index in [-0.39, 0.29) is 5.84 Å². The number of rotatable bonds is 4. The first-order chi connectivity index (χ1) is 6.59.